The van der Waals surface area contributed by atoms with Crippen LogP contribution in [-0.2, 0) is 6.42 Å². The zero-order valence-electron chi connectivity index (χ0n) is 10.2. The fraction of sp³-hybridized carbons (Fsp3) is 0.250. The molecule has 0 aliphatic heterocycles. The molecule has 0 saturated carbocycles. The van der Waals surface area contributed by atoms with Gasteiger partial charge in [-0.05, 0) is 24.8 Å². The topological polar surface area (TPSA) is 50.7 Å². The van der Waals surface area contributed by atoms with Crippen LogP contribution in [0.15, 0.2) is 29.7 Å². The molecule has 0 amide bonds. The van der Waals surface area contributed by atoms with Crippen LogP contribution in [0.25, 0.3) is 0 Å². The first-order valence-corrected chi connectivity index (χ1v) is 7.57. The van der Waals surface area contributed by atoms with Gasteiger partial charge in [-0.2, -0.15) is 0 Å². The van der Waals surface area contributed by atoms with E-state index >= 15 is 0 Å². The summed E-state index contributed by atoms with van der Waals surface area (Å²) in [5.74, 6) is 0. The van der Waals surface area contributed by atoms with Gasteiger partial charge < -0.3 is 5.32 Å². The Hall–Kier alpha value is -1.04. The van der Waals surface area contributed by atoms with E-state index in [4.69, 9.17) is 23.2 Å². The second-order valence-electron chi connectivity index (χ2n) is 3.70. The Balaban J connectivity index is 1.92. The van der Waals surface area contributed by atoms with E-state index in [-0.39, 0.29) is 0 Å². The third kappa shape index (κ3) is 3.96. The van der Waals surface area contributed by atoms with Gasteiger partial charge in [-0.25, -0.2) is 15.0 Å². The second kappa shape index (κ2) is 6.93. The fourth-order valence-electron chi connectivity index (χ4n) is 1.51. The lowest BCUT2D eigenvalue weighted by atomic mass is 10.2. The van der Waals surface area contributed by atoms with Crippen LogP contribution in [0, 0.1) is 0 Å². The van der Waals surface area contributed by atoms with Crippen LogP contribution in [0.3, 0.4) is 0 Å². The molecule has 2 aromatic rings. The number of rotatable bonds is 5. The lowest BCUT2D eigenvalue weighted by molar-refractivity contribution is 0.975. The molecule has 2 rings (SSSR count). The Morgan fingerprint density at radius 1 is 1.16 bits per heavy atom. The van der Waals surface area contributed by atoms with E-state index in [1.807, 2.05) is 18.4 Å². The summed E-state index contributed by atoms with van der Waals surface area (Å²) in [6.07, 6.45) is 5.81. The molecule has 2 aromatic heterocycles. The average molecular weight is 315 g/mol. The predicted octanol–water partition coefficient (Wildman–Crippen LogP) is 3.55. The highest BCUT2D eigenvalue weighted by Gasteiger charge is 2.07. The predicted molar refractivity (Wildman–Crippen MR) is 80.3 cm³/mol. The summed E-state index contributed by atoms with van der Waals surface area (Å²) in [7, 11) is 0. The number of anilines is 1. The summed E-state index contributed by atoms with van der Waals surface area (Å²) in [6.45, 7) is 0.688. The molecular formula is C12H12Cl2N4S. The third-order valence-corrected chi connectivity index (χ3v) is 3.80. The highest BCUT2D eigenvalue weighted by atomic mass is 35.5. The maximum atomic E-state index is 5.97. The number of aromatic nitrogens is 3. The standard InChI is InChI=1S/C12H12Cl2N4S/c1-19-10-3-2-8(6-16-10)15-5-4-9-11(13)17-7-18-12(9)14/h2-3,6-7,15H,4-5H2,1H3. The maximum Gasteiger partial charge on any atom is 0.137 e. The van der Waals surface area contributed by atoms with Gasteiger partial charge in [0.15, 0.2) is 0 Å². The number of hydrogen-bond acceptors (Lipinski definition) is 5. The van der Waals surface area contributed by atoms with Crippen molar-refractivity contribution in [3.8, 4) is 0 Å². The molecule has 0 bridgehead atoms. The summed E-state index contributed by atoms with van der Waals surface area (Å²) < 4.78 is 0. The molecule has 0 aromatic carbocycles. The number of nitrogens with zero attached hydrogens (tertiary/aromatic N) is 3. The molecule has 0 unspecified atom stereocenters. The van der Waals surface area contributed by atoms with E-state index in [1.54, 1.807) is 18.0 Å². The SMILES string of the molecule is CSc1ccc(NCCc2c(Cl)ncnc2Cl)cn1. The van der Waals surface area contributed by atoms with Gasteiger partial charge in [-0.3, -0.25) is 0 Å². The van der Waals surface area contributed by atoms with Crippen LogP contribution in [0.1, 0.15) is 5.56 Å². The van der Waals surface area contributed by atoms with E-state index in [0.717, 1.165) is 16.3 Å². The van der Waals surface area contributed by atoms with Crippen LogP contribution in [0.5, 0.6) is 0 Å². The van der Waals surface area contributed by atoms with Gasteiger partial charge in [0.2, 0.25) is 0 Å². The number of halogens is 2. The molecule has 0 aliphatic carbocycles. The van der Waals surface area contributed by atoms with E-state index < -0.39 is 0 Å². The monoisotopic (exact) mass is 314 g/mol. The average Bonchev–Trinajstić information content (AvgIpc) is 2.43. The van der Waals surface area contributed by atoms with Crippen LogP contribution in [0.4, 0.5) is 5.69 Å². The molecule has 0 aliphatic rings. The molecule has 0 saturated heterocycles. The fourth-order valence-corrected chi connectivity index (χ4v) is 2.38. The number of nitrogens with one attached hydrogen (secondary N) is 1. The molecule has 0 fully saturated rings. The minimum absolute atomic E-state index is 0.401. The molecule has 1 N–H and O–H groups in total. The van der Waals surface area contributed by atoms with E-state index in [2.05, 4.69) is 20.3 Å². The second-order valence-corrected chi connectivity index (χ2v) is 5.24. The van der Waals surface area contributed by atoms with Crippen molar-refractivity contribution in [2.24, 2.45) is 0 Å². The zero-order chi connectivity index (χ0) is 13.7. The summed E-state index contributed by atoms with van der Waals surface area (Å²) in [5.41, 5.74) is 1.72. The zero-order valence-corrected chi connectivity index (χ0v) is 12.6. The lowest BCUT2D eigenvalue weighted by Gasteiger charge is -2.08. The molecule has 0 spiro atoms. The van der Waals surface area contributed by atoms with Gasteiger partial charge in [0, 0.05) is 12.1 Å². The van der Waals surface area contributed by atoms with E-state index in [9.17, 15) is 0 Å². The maximum absolute atomic E-state index is 5.97. The normalized spacial score (nSPS) is 10.5. The van der Waals surface area contributed by atoms with Crippen molar-refractivity contribution in [1.82, 2.24) is 15.0 Å². The van der Waals surface area contributed by atoms with Crippen molar-refractivity contribution in [2.75, 3.05) is 18.1 Å². The Labute approximate surface area is 126 Å². The number of pyridine rings is 1. The molecule has 19 heavy (non-hydrogen) atoms. The summed E-state index contributed by atoms with van der Waals surface area (Å²) >= 11 is 13.6. The van der Waals surface area contributed by atoms with Crippen LogP contribution in [0.2, 0.25) is 10.3 Å². The van der Waals surface area contributed by atoms with E-state index in [0.29, 0.717) is 23.3 Å². The van der Waals surface area contributed by atoms with Crippen LogP contribution >= 0.6 is 35.0 Å². The highest BCUT2D eigenvalue weighted by molar-refractivity contribution is 7.98. The van der Waals surface area contributed by atoms with Gasteiger partial charge in [-0.15, -0.1) is 11.8 Å². The molecule has 0 atom stereocenters. The van der Waals surface area contributed by atoms with Crippen molar-refractivity contribution in [3.63, 3.8) is 0 Å². The van der Waals surface area contributed by atoms with E-state index in [1.165, 1.54) is 6.33 Å². The van der Waals surface area contributed by atoms with Crippen molar-refractivity contribution in [1.29, 1.82) is 0 Å². The molecule has 7 heteroatoms. The molecule has 2 heterocycles. The molecular weight excluding hydrogens is 303 g/mol. The number of thioether (sulfide) groups is 1. The Morgan fingerprint density at radius 3 is 2.47 bits per heavy atom. The van der Waals surface area contributed by atoms with Crippen molar-refractivity contribution in [2.45, 2.75) is 11.4 Å². The minimum atomic E-state index is 0.401. The van der Waals surface area contributed by atoms with Gasteiger partial charge in [0.25, 0.3) is 0 Å². The minimum Gasteiger partial charge on any atom is -0.383 e. The number of hydrogen-bond donors (Lipinski definition) is 1. The van der Waals surface area contributed by atoms with Gasteiger partial charge in [-0.1, -0.05) is 23.2 Å². The first kappa shape index (κ1) is 14.4. The quantitative estimate of drug-likeness (QED) is 0.675. The summed E-state index contributed by atoms with van der Waals surface area (Å²) in [5, 5.41) is 5.05. The Bertz CT molecular complexity index is 528. The van der Waals surface area contributed by atoms with Gasteiger partial charge in [0.05, 0.1) is 16.9 Å². The largest absolute Gasteiger partial charge is 0.383 e. The molecule has 4 nitrogen and oxygen atoms in total. The third-order valence-electron chi connectivity index (χ3n) is 2.49. The Morgan fingerprint density at radius 2 is 1.89 bits per heavy atom. The lowest BCUT2D eigenvalue weighted by Crippen LogP contribution is -2.07. The van der Waals surface area contributed by atoms with Gasteiger partial charge in [0.1, 0.15) is 16.6 Å². The first-order valence-electron chi connectivity index (χ1n) is 5.59. The van der Waals surface area contributed by atoms with Crippen molar-refractivity contribution < 1.29 is 0 Å². The highest BCUT2D eigenvalue weighted by Crippen LogP contribution is 2.20. The Kier molecular flexibility index (Phi) is 5.24. The van der Waals surface area contributed by atoms with Crippen molar-refractivity contribution in [3.05, 3.63) is 40.5 Å². The van der Waals surface area contributed by atoms with Crippen molar-refractivity contribution >= 4 is 40.7 Å². The van der Waals surface area contributed by atoms with Gasteiger partial charge >= 0.3 is 0 Å². The summed E-state index contributed by atoms with van der Waals surface area (Å²) in [4.78, 5) is 12.1. The molecule has 100 valence electrons. The smallest absolute Gasteiger partial charge is 0.137 e. The van der Waals surface area contributed by atoms with Crippen LogP contribution in [-0.4, -0.2) is 27.8 Å². The van der Waals surface area contributed by atoms with Crippen LogP contribution < -0.4 is 5.32 Å². The summed E-state index contributed by atoms with van der Waals surface area (Å²) in [6, 6.07) is 3.96. The molecule has 0 radical (unpaired) electrons. The first-order chi connectivity index (χ1) is 9.20.